The molecule has 3 nitrogen and oxygen atoms in total. The van der Waals surface area contributed by atoms with Gasteiger partial charge in [0, 0.05) is 0 Å². The minimum Gasteiger partial charge on any atom is -1.00 e. The summed E-state index contributed by atoms with van der Waals surface area (Å²) in [6.07, 6.45) is 3.37. The lowest BCUT2D eigenvalue weighted by Crippen LogP contribution is -3.00. The standard InChI is InChI=1S/C8H10ClNO2.ClH/c1-11-7-3-4-10-6(5-9)8(7)12-2;/h3-4H,5H2,1-2H3;1H/q+1;/p-1. The molecule has 0 aromatic carbocycles. The Bertz CT molecular complexity index is 259. The van der Waals surface area contributed by atoms with E-state index >= 15 is 0 Å². The first kappa shape index (κ1) is 12.3. The molecule has 1 heterocycles. The van der Waals surface area contributed by atoms with Gasteiger partial charge in [-0.25, -0.2) is 0 Å². The topological polar surface area (TPSA) is 32.6 Å². The summed E-state index contributed by atoms with van der Waals surface area (Å²) >= 11 is 5.64. The maximum atomic E-state index is 5.64. The molecule has 0 amide bonds. The van der Waals surface area contributed by atoms with Gasteiger partial charge < -0.3 is 21.9 Å². The van der Waals surface area contributed by atoms with E-state index in [1.54, 1.807) is 26.5 Å². The van der Waals surface area contributed by atoms with E-state index in [1.807, 2.05) is 0 Å². The molecular weight excluding hydrogens is 213 g/mol. The normalized spacial score (nSPS) is 14.8. The Hall–Kier alpha value is -0.670. The molecule has 0 saturated heterocycles. The molecule has 0 aromatic rings. The smallest absolute Gasteiger partial charge is 0.313 e. The van der Waals surface area contributed by atoms with Gasteiger partial charge in [0.2, 0.25) is 12.0 Å². The van der Waals surface area contributed by atoms with Crippen molar-refractivity contribution < 1.29 is 21.9 Å². The summed E-state index contributed by atoms with van der Waals surface area (Å²) in [5.74, 6) is 1.58. The van der Waals surface area contributed by atoms with Crippen LogP contribution in [-0.4, -0.2) is 26.3 Å². The molecule has 5 heteroatoms. The highest BCUT2D eigenvalue weighted by Crippen LogP contribution is 2.17. The number of allylic oxidation sites excluding steroid dienone is 2. The SMILES string of the molecule is COC1=CC=[N+]C(CCl)=C1OC.[Cl-]. The van der Waals surface area contributed by atoms with E-state index in [4.69, 9.17) is 21.1 Å². The van der Waals surface area contributed by atoms with Gasteiger partial charge in [0.1, 0.15) is 5.88 Å². The lowest BCUT2D eigenvalue weighted by molar-refractivity contribution is -0.00000309. The van der Waals surface area contributed by atoms with Gasteiger partial charge in [0.05, 0.1) is 25.3 Å². The number of hydrogen-bond donors (Lipinski definition) is 0. The zero-order valence-corrected chi connectivity index (χ0v) is 8.89. The predicted molar refractivity (Wildman–Crippen MR) is 48.0 cm³/mol. The molecule has 0 unspecified atom stereocenters. The molecule has 73 valence electrons. The minimum atomic E-state index is 0. The molecule has 0 spiro atoms. The Labute approximate surface area is 88.5 Å². The van der Waals surface area contributed by atoms with Gasteiger partial charge in [-0.1, -0.05) is 0 Å². The number of rotatable bonds is 3. The Kier molecular flexibility index (Phi) is 5.58. The second-order valence-electron chi connectivity index (χ2n) is 2.13. The third-order valence-corrected chi connectivity index (χ3v) is 1.75. The highest BCUT2D eigenvalue weighted by atomic mass is 35.5. The monoisotopic (exact) mass is 222 g/mol. The number of nitrogens with zero attached hydrogens (tertiary/aromatic N) is 1. The van der Waals surface area contributed by atoms with Crippen molar-refractivity contribution in [2.45, 2.75) is 0 Å². The second kappa shape index (κ2) is 5.89. The summed E-state index contributed by atoms with van der Waals surface area (Å²) in [7, 11) is 3.14. The molecular formula is C8H10Cl2NO2. The minimum absolute atomic E-state index is 0. The number of halogens is 2. The molecule has 1 aliphatic heterocycles. The van der Waals surface area contributed by atoms with Crippen molar-refractivity contribution in [3.8, 4) is 0 Å². The molecule has 0 fully saturated rings. The first-order valence-corrected chi connectivity index (χ1v) is 3.98. The summed E-state index contributed by atoms with van der Waals surface area (Å²) < 4.78 is 10.1. The highest BCUT2D eigenvalue weighted by molar-refractivity contribution is 6.19. The number of aliphatic imine (C=N–C) groups is 1. The van der Waals surface area contributed by atoms with Crippen molar-refractivity contribution in [3.63, 3.8) is 0 Å². The van der Waals surface area contributed by atoms with Gasteiger partial charge in [-0.05, 0) is 0 Å². The van der Waals surface area contributed by atoms with Gasteiger partial charge in [-0.15, -0.1) is 11.6 Å². The number of ether oxygens (including phenoxy) is 2. The van der Waals surface area contributed by atoms with Gasteiger partial charge >= 0.3 is 5.70 Å². The van der Waals surface area contributed by atoms with Crippen LogP contribution in [0.15, 0.2) is 23.3 Å². The molecule has 0 N–H and O–H groups in total. The number of hydrogen-bond acceptors (Lipinski definition) is 3. The van der Waals surface area contributed by atoms with E-state index in [1.165, 1.54) is 0 Å². The van der Waals surface area contributed by atoms with E-state index < -0.39 is 0 Å². The lowest BCUT2D eigenvalue weighted by atomic mass is 10.3. The molecule has 13 heavy (non-hydrogen) atoms. The summed E-state index contributed by atoms with van der Waals surface area (Å²) in [6, 6.07) is 0. The Morgan fingerprint density at radius 2 is 2.08 bits per heavy atom. The summed E-state index contributed by atoms with van der Waals surface area (Å²) in [5.41, 5.74) is 0.693. The van der Waals surface area contributed by atoms with Crippen LogP contribution < -0.4 is 17.4 Å². The molecule has 0 aromatic heterocycles. The second-order valence-corrected chi connectivity index (χ2v) is 2.39. The van der Waals surface area contributed by atoms with Crippen LogP contribution in [0.3, 0.4) is 0 Å². The molecule has 0 aliphatic carbocycles. The quantitative estimate of drug-likeness (QED) is 0.520. The average Bonchev–Trinajstić information content (AvgIpc) is 2.16. The van der Waals surface area contributed by atoms with Crippen molar-refractivity contribution in [1.82, 2.24) is 4.99 Å². The van der Waals surface area contributed by atoms with Crippen LogP contribution in [0.4, 0.5) is 0 Å². The van der Waals surface area contributed by atoms with Crippen LogP contribution in [0.5, 0.6) is 0 Å². The molecule has 1 rings (SSSR count). The fourth-order valence-corrected chi connectivity index (χ4v) is 1.14. The lowest BCUT2D eigenvalue weighted by Gasteiger charge is -2.07. The third kappa shape index (κ3) is 2.64. The third-order valence-electron chi connectivity index (χ3n) is 1.49. The Morgan fingerprint density at radius 1 is 1.38 bits per heavy atom. The van der Waals surface area contributed by atoms with E-state index in [-0.39, 0.29) is 12.4 Å². The van der Waals surface area contributed by atoms with Crippen LogP contribution in [-0.2, 0) is 9.47 Å². The van der Waals surface area contributed by atoms with Gasteiger partial charge in [0.25, 0.3) is 0 Å². The maximum Gasteiger partial charge on any atom is 0.313 e. The van der Waals surface area contributed by atoms with E-state index in [9.17, 15) is 0 Å². The molecule has 0 atom stereocenters. The number of methoxy groups -OCH3 is 2. The summed E-state index contributed by atoms with van der Waals surface area (Å²) in [5, 5.41) is 0. The molecule has 0 bridgehead atoms. The average molecular weight is 223 g/mol. The van der Waals surface area contributed by atoms with Crippen LogP contribution >= 0.6 is 11.6 Å². The zero-order valence-electron chi connectivity index (χ0n) is 7.38. The molecule has 0 saturated carbocycles. The first-order chi connectivity index (χ1) is 5.83. The van der Waals surface area contributed by atoms with Crippen LogP contribution in [0, 0.1) is 0 Å². The van der Waals surface area contributed by atoms with Crippen molar-refractivity contribution >= 4 is 17.8 Å². The van der Waals surface area contributed by atoms with Crippen molar-refractivity contribution in [3.05, 3.63) is 23.3 Å². The van der Waals surface area contributed by atoms with Crippen molar-refractivity contribution in [2.75, 3.05) is 20.1 Å². The fourth-order valence-electron chi connectivity index (χ4n) is 0.946. The van der Waals surface area contributed by atoms with Crippen LogP contribution in [0.2, 0.25) is 0 Å². The van der Waals surface area contributed by atoms with E-state index in [2.05, 4.69) is 4.99 Å². The largest absolute Gasteiger partial charge is 1.00 e. The fraction of sp³-hybridized carbons (Fsp3) is 0.375. The Balaban J connectivity index is 0.00000144. The van der Waals surface area contributed by atoms with Crippen molar-refractivity contribution in [1.29, 1.82) is 0 Å². The number of alkyl halides is 1. The predicted octanol–water partition coefficient (Wildman–Crippen LogP) is -1.96. The summed E-state index contributed by atoms with van der Waals surface area (Å²) in [6.45, 7) is 0. The Morgan fingerprint density at radius 3 is 2.54 bits per heavy atom. The van der Waals surface area contributed by atoms with Crippen LogP contribution in [0.1, 0.15) is 0 Å². The van der Waals surface area contributed by atoms with E-state index in [0.29, 0.717) is 23.1 Å². The first-order valence-electron chi connectivity index (χ1n) is 3.45. The zero-order chi connectivity index (χ0) is 8.97. The van der Waals surface area contributed by atoms with Gasteiger partial charge in [-0.2, -0.15) is 0 Å². The van der Waals surface area contributed by atoms with E-state index in [0.717, 1.165) is 0 Å². The molecule has 1 aliphatic rings. The van der Waals surface area contributed by atoms with Gasteiger partial charge in [0.15, 0.2) is 5.76 Å². The maximum absolute atomic E-state index is 5.64. The van der Waals surface area contributed by atoms with Crippen molar-refractivity contribution in [2.24, 2.45) is 0 Å². The molecule has 1 radical (unpaired) electrons. The van der Waals surface area contributed by atoms with Gasteiger partial charge in [-0.3, -0.25) is 0 Å². The van der Waals surface area contributed by atoms with Crippen LogP contribution in [0.25, 0.3) is 0 Å². The summed E-state index contributed by atoms with van der Waals surface area (Å²) in [4.78, 5) is 4.04. The highest BCUT2D eigenvalue weighted by Gasteiger charge is 2.23.